The van der Waals surface area contributed by atoms with Crippen LogP contribution in [0.1, 0.15) is 19.8 Å². The molecule has 1 heterocycles. The molecule has 6 heteroatoms. The molecule has 1 fully saturated rings. The Morgan fingerprint density at radius 2 is 2.20 bits per heavy atom. The third kappa shape index (κ3) is 3.41. The van der Waals surface area contributed by atoms with Crippen LogP contribution in [0.3, 0.4) is 0 Å². The van der Waals surface area contributed by atoms with Gasteiger partial charge in [0.05, 0.1) is 11.9 Å². The van der Waals surface area contributed by atoms with E-state index in [1.54, 1.807) is 6.92 Å². The molecule has 0 aromatic heterocycles. The van der Waals surface area contributed by atoms with Gasteiger partial charge in [0.1, 0.15) is 0 Å². The number of nitrogens with one attached hydrogen (secondary N) is 1. The molecule has 1 rings (SSSR count). The zero-order valence-electron chi connectivity index (χ0n) is 9.27. The van der Waals surface area contributed by atoms with E-state index in [0.29, 0.717) is 6.61 Å². The van der Waals surface area contributed by atoms with Gasteiger partial charge in [-0.15, -0.1) is 0 Å². The van der Waals surface area contributed by atoms with Crippen LogP contribution in [0.2, 0.25) is 0 Å². The molecule has 3 unspecified atom stereocenters. The summed E-state index contributed by atoms with van der Waals surface area (Å²) in [5.41, 5.74) is 2.62. The lowest BCUT2D eigenvalue weighted by Gasteiger charge is -2.32. The summed E-state index contributed by atoms with van der Waals surface area (Å²) in [6, 6.07) is -0.222. The van der Waals surface area contributed by atoms with E-state index >= 15 is 0 Å². The summed E-state index contributed by atoms with van der Waals surface area (Å²) >= 11 is 0. The molecule has 0 aliphatic carbocycles. The Bertz CT molecular complexity index is 286. The number of sulfone groups is 1. The quantitative estimate of drug-likeness (QED) is 0.516. The van der Waals surface area contributed by atoms with E-state index < -0.39 is 15.1 Å². The number of hydrogen-bond donors (Lipinski definition) is 2. The van der Waals surface area contributed by atoms with E-state index in [2.05, 4.69) is 5.43 Å². The van der Waals surface area contributed by atoms with Gasteiger partial charge in [-0.05, 0) is 19.8 Å². The Balaban J connectivity index is 2.69. The van der Waals surface area contributed by atoms with Crippen molar-refractivity contribution in [1.82, 2.24) is 5.43 Å². The second-order valence-corrected chi connectivity index (χ2v) is 6.61. The monoisotopic (exact) mass is 236 g/mol. The van der Waals surface area contributed by atoms with Gasteiger partial charge in [-0.25, -0.2) is 8.42 Å². The number of rotatable bonds is 4. The van der Waals surface area contributed by atoms with Crippen LogP contribution in [0.15, 0.2) is 0 Å². The van der Waals surface area contributed by atoms with Crippen molar-refractivity contribution in [2.75, 3.05) is 19.5 Å². The number of ether oxygens (including phenoxy) is 1. The third-order valence-corrected chi connectivity index (χ3v) is 4.72. The van der Waals surface area contributed by atoms with E-state index in [1.165, 1.54) is 6.26 Å². The Labute approximate surface area is 91.3 Å². The first-order valence-electron chi connectivity index (χ1n) is 5.19. The van der Waals surface area contributed by atoms with Gasteiger partial charge in [0.2, 0.25) is 0 Å². The molecule has 0 bridgehead atoms. The molecule has 90 valence electrons. The van der Waals surface area contributed by atoms with Crippen molar-refractivity contribution < 1.29 is 13.2 Å². The maximum Gasteiger partial charge on any atom is 0.151 e. The van der Waals surface area contributed by atoms with Crippen molar-refractivity contribution in [1.29, 1.82) is 0 Å². The number of hydrazine groups is 1. The van der Waals surface area contributed by atoms with Crippen LogP contribution in [-0.4, -0.2) is 39.2 Å². The number of hydrogen-bond acceptors (Lipinski definition) is 5. The summed E-state index contributed by atoms with van der Waals surface area (Å²) in [6.07, 6.45) is 3.18. The highest BCUT2D eigenvalue weighted by Gasteiger charge is 2.32. The van der Waals surface area contributed by atoms with Crippen LogP contribution in [0.5, 0.6) is 0 Å². The fourth-order valence-electron chi connectivity index (χ4n) is 1.97. The largest absolute Gasteiger partial charge is 0.381 e. The highest BCUT2D eigenvalue weighted by molar-refractivity contribution is 7.91. The van der Waals surface area contributed by atoms with Crippen LogP contribution < -0.4 is 11.3 Å². The summed E-state index contributed by atoms with van der Waals surface area (Å²) in [4.78, 5) is 0. The topological polar surface area (TPSA) is 81.4 Å². The molecule has 1 saturated heterocycles. The SMILES string of the molecule is CC(C(NN)C1CCCOC1)S(C)(=O)=O. The first-order valence-corrected chi connectivity index (χ1v) is 7.15. The predicted molar refractivity (Wildman–Crippen MR) is 59.0 cm³/mol. The molecule has 1 aliphatic heterocycles. The molecule has 0 spiro atoms. The fraction of sp³-hybridized carbons (Fsp3) is 1.00. The zero-order chi connectivity index (χ0) is 11.5. The second-order valence-electron chi connectivity index (χ2n) is 4.20. The Morgan fingerprint density at radius 3 is 2.60 bits per heavy atom. The maximum atomic E-state index is 11.4. The smallest absolute Gasteiger partial charge is 0.151 e. The van der Waals surface area contributed by atoms with Gasteiger partial charge in [0, 0.05) is 24.8 Å². The molecule has 1 aliphatic rings. The summed E-state index contributed by atoms with van der Waals surface area (Å²) in [6.45, 7) is 3.05. The van der Waals surface area contributed by atoms with Gasteiger partial charge in [-0.3, -0.25) is 11.3 Å². The number of nitrogens with two attached hydrogens (primary N) is 1. The summed E-state index contributed by atoms with van der Waals surface area (Å²) in [5.74, 6) is 5.62. The molecule has 3 atom stereocenters. The second kappa shape index (κ2) is 5.25. The minimum absolute atomic E-state index is 0.188. The third-order valence-electron chi connectivity index (χ3n) is 3.08. The summed E-state index contributed by atoms with van der Waals surface area (Å²) in [7, 11) is -3.06. The molecule has 0 saturated carbocycles. The minimum atomic E-state index is -3.06. The standard InChI is InChI=1S/C9H20N2O3S/c1-7(15(2,12)13)9(11-10)8-4-3-5-14-6-8/h7-9,11H,3-6,10H2,1-2H3. The van der Waals surface area contributed by atoms with E-state index in [1.807, 2.05) is 0 Å². The van der Waals surface area contributed by atoms with Gasteiger partial charge in [0.25, 0.3) is 0 Å². The highest BCUT2D eigenvalue weighted by Crippen LogP contribution is 2.21. The lowest BCUT2D eigenvalue weighted by molar-refractivity contribution is 0.0392. The fourth-order valence-corrected chi connectivity index (χ4v) is 2.80. The van der Waals surface area contributed by atoms with E-state index in [9.17, 15) is 8.42 Å². The molecule has 3 N–H and O–H groups in total. The normalized spacial score (nSPS) is 27.3. The Kier molecular flexibility index (Phi) is 4.51. The van der Waals surface area contributed by atoms with E-state index in [4.69, 9.17) is 10.6 Å². The van der Waals surface area contributed by atoms with Crippen LogP contribution in [0.4, 0.5) is 0 Å². The van der Waals surface area contributed by atoms with Crippen molar-refractivity contribution in [3.05, 3.63) is 0 Å². The lowest BCUT2D eigenvalue weighted by Crippen LogP contribution is -2.52. The predicted octanol–water partition coefficient (Wildman–Crippen LogP) is -0.322. The van der Waals surface area contributed by atoms with Gasteiger partial charge in [-0.1, -0.05) is 0 Å². The maximum absolute atomic E-state index is 11.4. The van der Waals surface area contributed by atoms with Gasteiger partial charge >= 0.3 is 0 Å². The van der Waals surface area contributed by atoms with Crippen molar-refractivity contribution >= 4 is 9.84 Å². The molecule has 0 radical (unpaired) electrons. The van der Waals surface area contributed by atoms with E-state index in [0.717, 1.165) is 19.4 Å². The molecule has 15 heavy (non-hydrogen) atoms. The van der Waals surface area contributed by atoms with Gasteiger partial charge < -0.3 is 4.74 Å². The van der Waals surface area contributed by atoms with Crippen molar-refractivity contribution in [2.45, 2.75) is 31.1 Å². The van der Waals surface area contributed by atoms with Crippen molar-refractivity contribution in [2.24, 2.45) is 11.8 Å². The summed E-state index contributed by atoms with van der Waals surface area (Å²) < 4.78 is 28.2. The van der Waals surface area contributed by atoms with E-state index in [-0.39, 0.29) is 12.0 Å². The molecule has 0 aromatic carbocycles. The van der Waals surface area contributed by atoms with Gasteiger partial charge in [-0.2, -0.15) is 0 Å². The van der Waals surface area contributed by atoms with Crippen LogP contribution in [-0.2, 0) is 14.6 Å². The Morgan fingerprint density at radius 1 is 1.53 bits per heavy atom. The van der Waals surface area contributed by atoms with Crippen LogP contribution in [0, 0.1) is 5.92 Å². The zero-order valence-corrected chi connectivity index (χ0v) is 10.1. The molecule has 0 aromatic rings. The summed E-state index contributed by atoms with van der Waals surface area (Å²) in [5, 5.41) is -0.478. The minimum Gasteiger partial charge on any atom is -0.381 e. The highest BCUT2D eigenvalue weighted by atomic mass is 32.2. The average molecular weight is 236 g/mol. The lowest BCUT2D eigenvalue weighted by atomic mass is 9.92. The van der Waals surface area contributed by atoms with Crippen molar-refractivity contribution in [3.8, 4) is 0 Å². The van der Waals surface area contributed by atoms with Gasteiger partial charge in [0.15, 0.2) is 9.84 Å². The molecular formula is C9H20N2O3S. The van der Waals surface area contributed by atoms with Crippen LogP contribution >= 0.6 is 0 Å². The average Bonchev–Trinajstić information content (AvgIpc) is 2.19. The van der Waals surface area contributed by atoms with Crippen molar-refractivity contribution in [3.63, 3.8) is 0 Å². The molecule has 0 amide bonds. The van der Waals surface area contributed by atoms with Crippen LogP contribution in [0.25, 0.3) is 0 Å². The molecule has 5 nitrogen and oxygen atoms in total. The Hall–Kier alpha value is -0.170. The first kappa shape index (κ1) is 12.9. The molecular weight excluding hydrogens is 216 g/mol. The first-order chi connectivity index (χ1) is 6.96.